The summed E-state index contributed by atoms with van der Waals surface area (Å²) in [6.45, 7) is 1.23. The Morgan fingerprint density at radius 1 is 1.23 bits per heavy atom. The largest absolute Gasteiger partial charge is 0.480 e. The molecule has 0 radical (unpaired) electrons. The van der Waals surface area contributed by atoms with E-state index in [1.165, 1.54) is 0 Å². The van der Waals surface area contributed by atoms with Crippen molar-refractivity contribution in [1.29, 1.82) is 0 Å². The van der Waals surface area contributed by atoms with Crippen LogP contribution in [0.4, 0.5) is 4.39 Å². The Balaban J connectivity index is 1.87. The normalized spacial score (nSPS) is 22.2. The number of aliphatic hydroxyl groups is 1. The highest BCUT2D eigenvalue weighted by atomic mass is 19.1. The Morgan fingerprint density at radius 2 is 2.00 bits per heavy atom. The molecule has 1 aliphatic rings. The number of benzene rings is 2. The fourth-order valence-electron chi connectivity index (χ4n) is 3.52. The monoisotopic (exact) mass is 356 g/mol. The summed E-state index contributed by atoms with van der Waals surface area (Å²) in [5, 5.41) is 10.9. The van der Waals surface area contributed by atoms with Crippen LogP contribution in [0.25, 0.3) is 11.0 Å². The van der Waals surface area contributed by atoms with E-state index in [0.29, 0.717) is 11.3 Å². The summed E-state index contributed by atoms with van der Waals surface area (Å²) in [4.78, 5) is 4.62. The summed E-state index contributed by atoms with van der Waals surface area (Å²) in [5.74, 6) is 1.45. The molecule has 3 aromatic rings. The molecule has 0 saturated carbocycles. The molecule has 1 aliphatic heterocycles. The van der Waals surface area contributed by atoms with E-state index >= 15 is 0 Å². The summed E-state index contributed by atoms with van der Waals surface area (Å²) in [7, 11) is 1.94. The van der Waals surface area contributed by atoms with Crippen LogP contribution in [0.5, 0.6) is 5.75 Å². The van der Waals surface area contributed by atoms with Gasteiger partial charge >= 0.3 is 0 Å². The molecule has 1 N–H and O–H groups in total. The number of hydrogen-bond donors (Lipinski definition) is 1. The Bertz CT molecular complexity index is 926. The number of alkyl halides is 1. The zero-order chi connectivity index (χ0) is 18.3. The molecule has 2 heterocycles. The van der Waals surface area contributed by atoms with Crippen LogP contribution in [0.15, 0.2) is 42.5 Å². The minimum Gasteiger partial charge on any atom is -0.480 e. The number of ether oxygens (including phenoxy) is 2. The second-order valence-electron chi connectivity index (χ2n) is 6.49. The van der Waals surface area contributed by atoms with Gasteiger partial charge in [-0.15, -0.1) is 0 Å². The van der Waals surface area contributed by atoms with Crippen molar-refractivity contribution in [2.24, 2.45) is 7.05 Å². The van der Waals surface area contributed by atoms with Crippen LogP contribution >= 0.6 is 0 Å². The molecule has 26 heavy (non-hydrogen) atoms. The number of fused-ring (bicyclic) bond motifs is 3. The highest BCUT2D eigenvalue weighted by molar-refractivity contribution is 5.84. The van der Waals surface area contributed by atoms with E-state index in [9.17, 15) is 9.50 Å². The van der Waals surface area contributed by atoms with E-state index in [2.05, 4.69) is 4.98 Å². The van der Waals surface area contributed by atoms with E-state index < -0.39 is 25.0 Å². The third kappa shape index (κ3) is 2.66. The Morgan fingerprint density at radius 3 is 2.73 bits per heavy atom. The molecule has 0 spiro atoms. The summed E-state index contributed by atoms with van der Waals surface area (Å²) in [6, 6.07) is 13.3. The van der Waals surface area contributed by atoms with E-state index in [1.54, 1.807) is 0 Å². The van der Waals surface area contributed by atoms with Gasteiger partial charge in [0.05, 0.1) is 12.1 Å². The van der Waals surface area contributed by atoms with Crippen LogP contribution in [0.2, 0.25) is 0 Å². The molecular weight excluding hydrogens is 335 g/mol. The van der Waals surface area contributed by atoms with Crippen molar-refractivity contribution in [1.82, 2.24) is 9.55 Å². The second-order valence-corrected chi connectivity index (χ2v) is 6.49. The molecule has 0 fully saturated rings. The number of nitrogens with zero attached hydrogens (tertiary/aromatic N) is 2. The fourth-order valence-corrected chi connectivity index (χ4v) is 3.52. The predicted octanol–water partition coefficient (Wildman–Crippen LogP) is 3.40. The average molecular weight is 356 g/mol. The maximum Gasteiger partial charge on any atom is 0.154 e. The van der Waals surface area contributed by atoms with Gasteiger partial charge in [0.25, 0.3) is 0 Å². The SMILES string of the molecule is Cc1nc2c3c(ccc2n1C)C(OCCF)C(O)C(c1ccccc1)O3. The second kappa shape index (κ2) is 6.70. The van der Waals surface area contributed by atoms with Gasteiger partial charge in [-0.05, 0) is 18.6 Å². The fraction of sp³-hybridized carbons (Fsp3) is 0.350. The summed E-state index contributed by atoms with van der Waals surface area (Å²) in [5.41, 5.74) is 3.20. The maximum atomic E-state index is 12.7. The van der Waals surface area contributed by atoms with Gasteiger partial charge in [-0.25, -0.2) is 9.37 Å². The first-order valence-electron chi connectivity index (χ1n) is 8.65. The highest BCUT2D eigenvalue weighted by Crippen LogP contribution is 2.46. The molecule has 2 aromatic carbocycles. The zero-order valence-corrected chi connectivity index (χ0v) is 14.7. The lowest BCUT2D eigenvalue weighted by atomic mass is 9.91. The molecule has 5 nitrogen and oxygen atoms in total. The Labute approximate surface area is 151 Å². The molecule has 6 heteroatoms. The molecule has 1 aromatic heterocycles. The van der Waals surface area contributed by atoms with Crippen LogP contribution in [-0.4, -0.2) is 34.0 Å². The maximum absolute atomic E-state index is 12.7. The van der Waals surface area contributed by atoms with Crippen LogP contribution in [0.1, 0.15) is 29.2 Å². The quantitative estimate of drug-likeness (QED) is 0.778. The lowest BCUT2D eigenvalue weighted by molar-refractivity contribution is -0.103. The topological polar surface area (TPSA) is 56.5 Å². The smallest absolute Gasteiger partial charge is 0.154 e. The van der Waals surface area contributed by atoms with Gasteiger partial charge in [-0.3, -0.25) is 0 Å². The first-order valence-corrected chi connectivity index (χ1v) is 8.65. The van der Waals surface area contributed by atoms with Gasteiger partial charge < -0.3 is 19.1 Å². The third-order valence-electron chi connectivity index (χ3n) is 4.94. The summed E-state index contributed by atoms with van der Waals surface area (Å²) >= 11 is 0. The lowest BCUT2D eigenvalue weighted by Gasteiger charge is -2.36. The van der Waals surface area contributed by atoms with E-state index in [0.717, 1.165) is 22.4 Å². The molecule has 4 rings (SSSR count). The number of aromatic nitrogens is 2. The highest BCUT2D eigenvalue weighted by Gasteiger charge is 2.40. The lowest BCUT2D eigenvalue weighted by Crippen LogP contribution is -2.36. The number of rotatable bonds is 4. The molecule has 0 amide bonds. The van der Waals surface area contributed by atoms with Crippen LogP contribution < -0.4 is 4.74 Å². The van der Waals surface area contributed by atoms with Crippen molar-refractivity contribution in [2.45, 2.75) is 25.2 Å². The van der Waals surface area contributed by atoms with Gasteiger partial charge in [0.1, 0.15) is 30.2 Å². The van der Waals surface area contributed by atoms with Crippen molar-refractivity contribution in [3.63, 3.8) is 0 Å². The minimum absolute atomic E-state index is 0.0814. The van der Waals surface area contributed by atoms with Crippen molar-refractivity contribution < 1.29 is 19.0 Å². The van der Waals surface area contributed by atoms with E-state index in [4.69, 9.17) is 9.47 Å². The van der Waals surface area contributed by atoms with Crippen LogP contribution in [0, 0.1) is 6.92 Å². The Kier molecular flexibility index (Phi) is 4.38. The standard InChI is InChI=1S/C20H21FN2O3/c1-12-22-16-15(23(12)2)9-8-14-19(16)26-18(13-6-4-3-5-7-13)17(24)20(14)25-11-10-21/h3-9,17-18,20,24H,10-11H2,1-2H3. The van der Waals surface area contributed by atoms with Crippen LogP contribution in [-0.2, 0) is 11.8 Å². The molecule has 3 atom stereocenters. The van der Waals surface area contributed by atoms with Gasteiger partial charge in [-0.2, -0.15) is 0 Å². The van der Waals surface area contributed by atoms with Gasteiger partial charge in [0, 0.05) is 12.6 Å². The van der Waals surface area contributed by atoms with Crippen molar-refractivity contribution in [3.8, 4) is 5.75 Å². The van der Waals surface area contributed by atoms with E-state index in [1.807, 2.05) is 61.0 Å². The zero-order valence-electron chi connectivity index (χ0n) is 14.7. The molecule has 3 unspecified atom stereocenters. The minimum atomic E-state index is -0.946. The van der Waals surface area contributed by atoms with E-state index in [-0.39, 0.29) is 6.61 Å². The summed E-state index contributed by atoms with van der Waals surface area (Å²) in [6.07, 6.45) is -2.23. The van der Waals surface area contributed by atoms with Crippen molar-refractivity contribution in [3.05, 3.63) is 59.4 Å². The predicted molar refractivity (Wildman–Crippen MR) is 95.9 cm³/mol. The third-order valence-corrected chi connectivity index (χ3v) is 4.94. The number of imidazole rings is 1. The van der Waals surface area contributed by atoms with Gasteiger partial charge in [-0.1, -0.05) is 36.4 Å². The number of aryl methyl sites for hydroxylation is 2. The van der Waals surface area contributed by atoms with Crippen molar-refractivity contribution in [2.75, 3.05) is 13.3 Å². The molecular formula is C20H21FN2O3. The number of hydrogen-bond acceptors (Lipinski definition) is 4. The number of halogens is 1. The summed E-state index contributed by atoms with van der Waals surface area (Å²) < 4.78 is 26.6. The first-order chi connectivity index (χ1) is 12.6. The van der Waals surface area contributed by atoms with Gasteiger partial charge in [0.2, 0.25) is 0 Å². The first kappa shape index (κ1) is 17.0. The van der Waals surface area contributed by atoms with Crippen LogP contribution in [0.3, 0.4) is 0 Å². The van der Waals surface area contributed by atoms with Gasteiger partial charge in [0.15, 0.2) is 11.9 Å². The average Bonchev–Trinajstić information content (AvgIpc) is 2.96. The molecule has 0 saturated heterocycles. The Hall–Kier alpha value is -2.44. The molecule has 0 aliphatic carbocycles. The molecule has 0 bridgehead atoms. The molecule has 136 valence electrons. The number of aliphatic hydroxyl groups excluding tert-OH is 1. The van der Waals surface area contributed by atoms with Crippen molar-refractivity contribution >= 4 is 11.0 Å².